The number of hydrogen-bond donors (Lipinski definition) is 0. The molecule has 0 saturated heterocycles. The Morgan fingerprint density at radius 1 is 1.09 bits per heavy atom. The van der Waals surface area contributed by atoms with Gasteiger partial charge in [-0.15, -0.1) is 0 Å². The first-order valence-corrected chi connectivity index (χ1v) is 4.42. The van der Waals surface area contributed by atoms with Gasteiger partial charge < -0.3 is 6.42 Å². The fourth-order valence-electron chi connectivity index (χ4n) is 1.79. The van der Waals surface area contributed by atoms with E-state index in [1.54, 1.807) is 0 Å². The van der Waals surface area contributed by atoms with E-state index in [-0.39, 0.29) is 32.7 Å². The second-order valence-electron chi connectivity index (χ2n) is 4.51. The Labute approximate surface area is 96.4 Å². The zero-order valence-electron chi connectivity index (χ0n) is 8.06. The maximum atomic E-state index is 2.43. The molecule has 0 nitrogen and oxygen atoms in total. The van der Waals surface area contributed by atoms with Crippen molar-refractivity contribution in [2.24, 2.45) is 11.3 Å². The molecule has 0 aromatic heterocycles. The summed E-state index contributed by atoms with van der Waals surface area (Å²) in [4.78, 5) is 0. The average Bonchev–Trinajstić information content (AvgIpc) is 1.88. The third-order valence-corrected chi connectivity index (χ3v) is 2.66. The molecule has 0 aliphatic heterocycles. The van der Waals surface area contributed by atoms with Crippen LogP contribution in [0.4, 0.5) is 0 Å². The van der Waals surface area contributed by atoms with E-state index < -0.39 is 0 Å². The Hall–Kier alpha value is 1.10. The van der Waals surface area contributed by atoms with Crippen LogP contribution in [0.5, 0.6) is 0 Å². The van der Waals surface area contributed by atoms with Crippen molar-refractivity contribution in [2.75, 3.05) is 0 Å². The number of hydrogen-bond acceptors (Lipinski definition) is 0. The molecular formula is C10H19Y-. The molecule has 0 atom stereocenters. The molecule has 0 unspecified atom stereocenters. The first kappa shape index (κ1) is 12.1. The second-order valence-corrected chi connectivity index (χ2v) is 4.51. The summed E-state index contributed by atoms with van der Waals surface area (Å²) in [5.74, 6) is 0.970. The van der Waals surface area contributed by atoms with Crippen LogP contribution in [0, 0.1) is 17.8 Å². The van der Waals surface area contributed by atoms with Crippen molar-refractivity contribution in [3.63, 3.8) is 0 Å². The van der Waals surface area contributed by atoms with E-state index in [0.717, 1.165) is 5.92 Å². The molecule has 0 spiro atoms. The molecule has 0 N–H and O–H groups in total. The maximum Gasteiger partial charge on any atom is 0 e. The van der Waals surface area contributed by atoms with E-state index in [2.05, 4.69) is 27.2 Å². The summed E-state index contributed by atoms with van der Waals surface area (Å²) in [6.07, 6.45) is 7.97. The summed E-state index contributed by atoms with van der Waals surface area (Å²) in [5, 5.41) is 0. The van der Waals surface area contributed by atoms with Crippen LogP contribution in [0.3, 0.4) is 0 Å². The Bertz CT molecular complexity index is 95.9. The molecule has 0 aromatic rings. The van der Waals surface area contributed by atoms with Crippen LogP contribution >= 0.6 is 0 Å². The molecule has 0 bridgehead atoms. The maximum absolute atomic E-state index is 2.43. The minimum atomic E-state index is 0. The van der Waals surface area contributed by atoms with Gasteiger partial charge in [-0.1, -0.05) is 33.6 Å². The quantitative estimate of drug-likeness (QED) is 0.557. The summed E-state index contributed by atoms with van der Waals surface area (Å²) >= 11 is 0. The minimum Gasteiger partial charge on any atom is -0.328 e. The molecule has 1 aliphatic rings. The topological polar surface area (TPSA) is 0 Å². The van der Waals surface area contributed by atoms with Crippen molar-refractivity contribution in [3.8, 4) is 0 Å². The van der Waals surface area contributed by atoms with Gasteiger partial charge in [0.2, 0.25) is 0 Å². The molecule has 1 radical (unpaired) electrons. The van der Waals surface area contributed by atoms with Crippen molar-refractivity contribution in [2.45, 2.75) is 46.5 Å². The summed E-state index contributed by atoms with van der Waals surface area (Å²) in [6.45, 7) is 7.09. The van der Waals surface area contributed by atoms with Gasteiger partial charge in [-0.3, -0.25) is 0 Å². The van der Waals surface area contributed by atoms with Crippen molar-refractivity contribution < 1.29 is 32.7 Å². The molecule has 11 heavy (non-hydrogen) atoms. The van der Waals surface area contributed by atoms with Crippen molar-refractivity contribution in [1.82, 2.24) is 0 Å². The Kier molecular flexibility index (Phi) is 5.47. The number of rotatable bonds is 0. The summed E-state index contributed by atoms with van der Waals surface area (Å²) in [6, 6.07) is 0. The third kappa shape index (κ3) is 4.03. The second kappa shape index (κ2) is 4.97. The molecular weight excluding hydrogens is 209 g/mol. The third-order valence-electron chi connectivity index (χ3n) is 2.66. The molecule has 1 saturated carbocycles. The van der Waals surface area contributed by atoms with E-state index >= 15 is 0 Å². The molecule has 1 heteroatoms. The van der Waals surface area contributed by atoms with Gasteiger partial charge in [0.15, 0.2) is 0 Å². The Morgan fingerprint density at radius 3 is 1.82 bits per heavy atom. The largest absolute Gasteiger partial charge is 0.328 e. The van der Waals surface area contributed by atoms with Gasteiger partial charge in [-0.2, -0.15) is 12.8 Å². The normalized spacial score (nSPS) is 21.0. The van der Waals surface area contributed by atoms with Crippen LogP contribution < -0.4 is 0 Å². The zero-order chi connectivity index (χ0) is 7.61. The monoisotopic (exact) mass is 228 g/mol. The van der Waals surface area contributed by atoms with Crippen molar-refractivity contribution in [3.05, 3.63) is 6.42 Å². The molecule has 0 aromatic carbocycles. The standard InChI is InChI=1S/C10H19.Y/c1-10(2,3)9-7-5-4-6-8-9;/h4,9H,5-8H2,1-3H3;/q-1;. The fraction of sp³-hybridized carbons (Fsp3) is 0.900. The van der Waals surface area contributed by atoms with E-state index in [9.17, 15) is 0 Å². The SMILES string of the molecule is CC(C)(C)C1CC[CH-]CC1.[Y]. The van der Waals surface area contributed by atoms with Gasteiger partial charge in [-0.25, -0.2) is 0 Å². The molecule has 0 heterocycles. The minimum absolute atomic E-state index is 0. The fourth-order valence-corrected chi connectivity index (χ4v) is 1.79. The van der Waals surface area contributed by atoms with Crippen LogP contribution in [0.15, 0.2) is 0 Å². The van der Waals surface area contributed by atoms with Gasteiger partial charge in [-0.05, 0) is 11.3 Å². The van der Waals surface area contributed by atoms with E-state index in [0.29, 0.717) is 5.41 Å². The van der Waals surface area contributed by atoms with E-state index in [1.165, 1.54) is 25.7 Å². The van der Waals surface area contributed by atoms with E-state index in [4.69, 9.17) is 0 Å². The van der Waals surface area contributed by atoms with Crippen LogP contribution in [0.25, 0.3) is 0 Å². The van der Waals surface area contributed by atoms with Crippen LogP contribution in [0.1, 0.15) is 46.5 Å². The average molecular weight is 228 g/mol. The summed E-state index contributed by atoms with van der Waals surface area (Å²) < 4.78 is 0. The van der Waals surface area contributed by atoms with Crippen LogP contribution in [-0.4, -0.2) is 0 Å². The Balaban J connectivity index is 0.000001000. The van der Waals surface area contributed by atoms with Crippen LogP contribution in [0.2, 0.25) is 0 Å². The summed E-state index contributed by atoms with van der Waals surface area (Å²) in [7, 11) is 0. The molecule has 1 aliphatic carbocycles. The molecule has 1 fully saturated rings. The van der Waals surface area contributed by atoms with Gasteiger partial charge in [0.05, 0.1) is 0 Å². The molecule has 1 rings (SSSR count). The Morgan fingerprint density at radius 2 is 1.55 bits per heavy atom. The van der Waals surface area contributed by atoms with Crippen molar-refractivity contribution >= 4 is 0 Å². The molecule has 63 valence electrons. The van der Waals surface area contributed by atoms with Crippen LogP contribution in [-0.2, 0) is 32.7 Å². The van der Waals surface area contributed by atoms with Gasteiger partial charge >= 0.3 is 0 Å². The van der Waals surface area contributed by atoms with Gasteiger partial charge in [0.25, 0.3) is 0 Å². The predicted molar refractivity (Wildman–Crippen MR) is 45.7 cm³/mol. The van der Waals surface area contributed by atoms with Gasteiger partial charge in [0.1, 0.15) is 0 Å². The smallest absolute Gasteiger partial charge is 0 e. The first-order valence-electron chi connectivity index (χ1n) is 4.42. The zero-order valence-corrected chi connectivity index (χ0v) is 10.9. The van der Waals surface area contributed by atoms with Crippen molar-refractivity contribution in [1.29, 1.82) is 0 Å². The van der Waals surface area contributed by atoms with E-state index in [1.807, 2.05) is 0 Å². The summed E-state index contributed by atoms with van der Waals surface area (Å²) in [5.41, 5.74) is 0.550. The molecule has 0 amide bonds. The van der Waals surface area contributed by atoms with Gasteiger partial charge in [0, 0.05) is 32.7 Å². The predicted octanol–water partition coefficient (Wildman–Crippen LogP) is 3.42. The first-order chi connectivity index (χ1) is 4.61.